The van der Waals surface area contributed by atoms with E-state index in [-0.39, 0.29) is 18.1 Å². The number of rotatable bonds is 9. The van der Waals surface area contributed by atoms with Crippen LogP contribution < -0.4 is 0 Å². The van der Waals surface area contributed by atoms with Crippen LogP contribution >= 0.6 is 0 Å². The zero-order valence-electron chi connectivity index (χ0n) is 14.6. The van der Waals surface area contributed by atoms with Crippen LogP contribution in [0, 0.1) is 0 Å². The molecule has 128 valence electrons. The van der Waals surface area contributed by atoms with Gasteiger partial charge in [-0.15, -0.1) is 0 Å². The number of aliphatic hydroxyl groups excluding tert-OH is 1. The minimum absolute atomic E-state index is 0.150. The standard InChI is InChI=1S/C20H30O3/c1-15(2)7-6-8-16(3)10-11-18-19(22)13-17(14-20(18)23)9-4-5-12-21/h7,10,13-14,21-23H,4-6,8-9,11-12H2,1-3H3/b16-10+. The van der Waals surface area contributed by atoms with Crippen molar-refractivity contribution in [1.29, 1.82) is 0 Å². The van der Waals surface area contributed by atoms with Crippen molar-refractivity contribution in [2.75, 3.05) is 6.61 Å². The second-order valence-electron chi connectivity index (χ2n) is 6.37. The molecule has 1 aromatic rings. The molecular weight excluding hydrogens is 288 g/mol. The summed E-state index contributed by atoms with van der Waals surface area (Å²) in [5.74, 6) is 0.301. The largest absolute Gasteiger partial charge is 0.508 e. The van der Waals surface area contributed by atoms with Crippen molar-refractivity contribution >= 4 is 0 Å². The molecule has 0 heterocycles. The summed E-state index contributed by atoms with van der Waals surface area (Å²) in [7, 11) is 0. The van der Waals surface area contributed by atoms with E-state index in [1.165, 1.54) is 11.1 Å². The van der Waals surface area contributed by atoms with Gasteiger partial charge in [-0.05, 0) is 77.0 Å². The van der Waals surface area contributed by atoms with Crippen LogP contribution in [0.2, 0.25) is 0 Å². The predicted molar refractivity (Wildman–Crippen MR) is 95.9 cm³/mol. The molecule has 0 amide bonds. The minimum Gasteiger partial charge on any atom is -0.508 e. The summed E-state index contributed by atoms with van der Waals surface area (Å²) >= 11 is 0. The van der Waals surface area contributed by atoms with Crippen molar-refractivity contribution in [2.45, 2.75) is 59.3 Å². The molecule has 1 rings (SSSR count). The molecule has 1 aromatic carbocycles. The number of hydrogen-bond donors (Lipinski definition) is 3. The lowest BCUT2D eigenvalue weighted by Gasteiger charge is -2.09. The zero-order chi connectivity index (χ0) is 17.2. The average molecular weight is 318 g/mol. The van der Waals surface area contributed by atoms with Crippen LogP contribution in [0.1, 0.15) is 57.6 Å². The Morgan fingerprint density at radius 3 is 2.22 bits per heavy atom. The molecule has 0 aromatic heterocycles. The van der Waals surface area contributed by atoms with Crippen LogP contribution in [0.5, 0.6) is 11.5 Å². The third-order valence-electron chi connectivity index (χ3n) is 3.88. The molecule has 3 N–H and O–H groups in total. The Hall–Kier alpha value is -1.74. The van der Waals surface area contributed by atoms with Gasteiger partial charge in [0.2, 0.25) is 0 Å². The molecule has 0 aliphatic heterocycles. The molecule has 0 aliphatic rings. The minimum atomic E-state index is 0.150. The Balaban J connectivity index is 2.67. The number of phenols is 2. The molecule has 0 fully saturated rings. The average Bonchev–Trinajstić information content (AvgIpc) is 2.46. The molecule has 0 bridgehead atoms. The second-order valence-corrected chi connectivity index (χ2v) is 6.37. The van der Waals surface area contributed by atoms with Gasteiger partial charge in [-0.3, -0.25) is 0 Å². The summed E-state index contributed by atoms with van der Waals surface area (Å²) < 4.78 is 0. The van der Waals surface area contributed by atoms with E-state index in [1.807, 2.05) is 0 Å². The third-order valence-corrected chi connectivity index (χ3v) is 3.88. The van der Waals surface area contributed by atoms with Gasteiger partial charge in [-0.1, -0.05) is 23.3 Å². The van der Waals surface area contributed by atoms with Crippen molar-refractivity contribution in [3.63, 3.8) is 0 Å². The number of allylic oxidation sites excluding steroid dienone is 4. The van der Waals surface area contributed by atoms with Crippen LogP contribution in [0.25, 0.3) is 0 Å². The Morgan fingerprint density at radius 2 is 1.65 bits per heavy atom. The molecule has 0 aliphatic carbocycles. The zero-order valence-corrected chi connectivity index (χ0v) is 14.6. The van der Waals surface area contributed by atoms with Gasteiger partial charge in [-0.2, -0.15) is 0 Å². The number of aryl methyl sites for hydroxylation is 1. The SMILES string of the molecule is CC(C)=CCC/C(C)=C/Cc1c(O)cc(CCCCO)cc1O. The number of aliphatic hydroxyl groups is 1. The molecule has 23 heavy (non-hydrogen) atoms. The molecular formula is C20H30O3. The van der Waals surface area contributed by atoms with Crippen molar-refractivity contribution < 1.29 is 15.3 Å². The maximum Gasteiger partial charge on any atom is 0.123 e. The molecule has 3 nitrogen and oxygen atoms in total. The molecule has 0 unspecified atom stereocenters. The van der Waals surface area contributed by atoms with Crippen molar-refractivity contribution in [3.05, 3.63) is 46.6 Å². The topological polar surface area (TPSA) is 60.7 Å². The van der Waals surface area contributed by atoms with Crippen LogP contribution in [0.3, 0.4) is 0 Å². The number of phenolic OH excluding ortho intramolecular Hbond substituents is 2. The fourth-order valence-electron chi connectivity index (χ4n) is 2.46. The highest BCUT2D eigenvalue weighted by Crippen LogP contribution is 2.30. The van der Waals surface area contributed by atoms with E-state index in [1.54, 1.807) is 12.1 Å². The smallest absolute Gasteiger partial charge is 0.123 e. The molecule has 0 spiro atoms. The van der Waals surface area contributed by atoms with Crippen LogP contribution in [-0.4, -0.2) is 21.9 Å². The molecule has 0 saturated heterocycles. The Morgan fingerprint density at radius 1 is 1.00 bits per heavy atom. The summed E-state index contributed by atoms with van der Waals surface area (Å²) in [5.41, 5.74) is 4.07. The number of hydrogen-bond acceptors (Lipinski definition) is 3. The van der Waals surface area contributed by atoms with Crippen LogP contribution in [0.4, 0.5) is 0 Å². The van der Waals surface area contributed by atoms with Gasteiger partial charge < -0.3 is 15.3 Å². The van der Waals surface area contributed by atoms with Gasteiger partial charge in [-0.25, -0.2) is 0 Å². The van der Waals surface area contributed by atoms with Gasteiger partial charge >= 0.3 is 0 Å². The Kier molecular flexibility index (Phi) is 8.49. The van der Waals surface area contributed by atoms with Crippen LogP contribution in [-0.2, 0) is 12.8 Å². The molecule has 3 heteroatoms. The quantitative estimate of drug-likeness (QED) is 0.459. The van der Waals surface area contributed by atoms with Gasteiger partial charge in [0.1, 0.15) is 11.5 Å². The molecule has 0 saturated carbocycles. The van der Waals surface area contributed by atoms with E-state index in [2.05, 4.69) is 32.9 Å². The van der Waals surface area contributed by atoms with Gasteiger partial charge in [0, 0.05) is 12.2 Å². The predicted octanol–water partition coefficient (Wildman–Crippen LogP) is 4.65. The van der Waals surface area contributed by atoms with Gasteiger partial charge in [0.15, 0.2) is 0 Å². The van der Waals surface area contributed by atoms with Crippen molar-refractivity contribution in [2.24, 2.45) is 0 Å². The summed E-state index contributed by atoms with van der Waals surface area (Å²) in [5, 5.41) is 29.1. The number of aromatic hydroxyl groups is 2. The Bertz CT molecular complexity index is 529. The monoisotopic (exact) mass is 318 g/mol. The maximum atomic E-state index is 10.1. The van der Waals surface area contributed by atoms with E-state index in [4.69, 9.17) is 5.11 Å². The summed E-state index contributed by atoms with van der Waals surface area (Å²) in [6.07, 6.45) is 9.16. The van der Waals surface area contributed by atoms with E-state index >= 15 is 0 Å². The summed E-state index contributed by atoms with van der Waals surface area (Å²) in [6, 6.07) is 3.44. The number of unbranched alkanes of at least 4 members (excludes halogenated alkanes) is 1. The lowest BCUT2D eigenvalue weighted by molar-refractivity contribution is 0.284. The third kappa shape index (κ3) is 7.38. The first-order chi connectivity index (χ1) is 10.9. The van der Waals surface area contributed by atoms with Gasteiger partial charge in [0.25, 0.3) is 0 Å². The molecule has 0 atom stereocenters. The summed E-state index contributed by atoms with van der Waals surface area (Å²) in [4.78, 5) is 0. The lowest BCUT2D eigenvalue weighted by atomic mass is 10.0. The highest BCUT2D eigenvalue weighted by molar-refractivity contribution is 5.47. The first-order valence-electron chi connectivity index (χ1n) is 8.37. The van der Waals surface area contributed by atoms with Gasteiger partial charge in [0.05, 0.1) is 0 Å². The maximum absolute atomic E-state index is 10.1. The Labute approximate surface area is 140 Å². The van der Waals surface area contributed by atoms with Crippen LogP contribution in [0.15, 0.2) is 35.4 Å². The second kappa shape index (κ2) is 10.1. The van der Waals surface area contributed by atoms with E-state index in [0.717, 1.165) is 37.7 Å². The van der Waals surface area contributed by atoms with Crippen molar-refractivity contribution in [1.82, 2.24) is 0 Å². The first kappa shape index (κ1) is 19.3. The highest BCUT2D eigenvalue weighted by Gasteiger charge is 2.09. The first-order valence-corrected chi connectivity index (χ1v) is 8.37. The molecule has 0 radical (unpaired) electrons. The van der Waals surface area contributed by atoms with E-state index in [9.17, 15) is 10.2 Å². The van der Waals surface area contributed by atoms with Crippen molar-refractivity contribution in [3.8, 4) is 11.5 Å². The normalized spacial score (nSPS) is 11.6. The lowest BCUT2D eigenvalue weighted by Crippen LogP contribution is -1.92. The van der Waals surface area contributed by atoms with E-state index in [0.29, 0.717) is 12.0 Å². The van der Waals surface area contributed by atoms with E-state index < -0.39 is 0 Å². The highest BCUT2D eigenvalue weighted by atomic mass is 16.3. The fraction of sp³-hybridized carbons (Fsp3) is 0.500. The fourth-order valence-corrected chi connectivity index (χ4v) is 2.46. The number of benzene rings is 1. The summed E-state index contributed by atoms with van der Waals surface area (Å²) in [6.45, 7) is 6.44.